The van der Waals surface area contributed by atoms with Crippen LogP contribution in [0.1, 0.15) is 37.8 Å². The number of amides is 1. The SMILES string of the molecule is CC(C)Cc1ccc([C@@H](C)C(=O)Nc2ccc(N(C)C)cc2)cc1.Cl. The van der Waals surface area contributed by atoms with Gasteiger partial charge in [-0.1, -0.05) is 38.1 Å². The van der Waals surface area contributed by atoms with Crippen LogP contribution in [0.25, 0.3) is 0 Å². The summed E-state index contributed by atoms with van der Waals surface area (Å²) < 4.78 is 0. The fraction of sp³-hybridized carbons (Fsp3) is 0.381. The van der Waals surface area contributed by atoms with Gasteiger partial charge < -0.3 is 10.2 Å². The Morgan fingerprint density at radius 3 is 2.00 bits per heavy atom. The Bertz CT molecular complexity index is 663. The van der Waals surface area contributed by atoms with E-state index in [0.29, 0.717) is 5.92 Å². The third kappa shape index (κ3) is 6.09. The average molecular weight is 361 g/mol. The molecule has 0 saturated carbocycles. The van der Waals surface area contributed by atoms with E-state index in [4.69, 9.17) is 0 Å². The fourth-order valence-corrected chi connectivity index (χ4v) is 2.66. The van der Waals surface area contributed by atoms with Crippen LogP contribution in [-0.2, 0) is 11.2 Å². The van der Waals surface area contributed by atoms with Gasteiger partial charge in [-0.25, -0.2) is 0 Å². The summed E-state index contributed by atoms with van der Waals surface area (Å²) in [7, 11) is 4.00. The summed E-state index contributed by atoms with van der Waals surface area (Å²) in [6, 6.07) is 16.3. The fourth-order valence-electron chi connectivity index (χ4n) is 2.66. The van der Waals surface area contributed by atoms with Crippen LogP contribution < -0.4 is 10.2 Å². The Morgan fingerprint density at radius 2 is 1.52 bits per heavy atom. The van der Waals surface area contributed by atoms with Gasteiger partial charge in [0.15, 0.2) is 0 Å². The third-order valence-corrected chi connectivity index (χ3v) is 4.17. The van der Waals surface area contributed by atoms with Gasteiger partial charge in [0.25, 0.3) is 0 Å². The van der Waals surface area contributed by atoms with E-state index in [0.717, 1.165) is 23.4 Å². The Morgan fingerprint density at radius 1 is 0.960 bits per heavy atom. The van der Waals surface area contributed by atoms with Crippen molar-refractivity contribution in [3.63, 3.8) is 0 Å². The minimum atomic E-state index is -0.174. The Balaban J connectivity index is 0.00000312. The van der Waals surface area contributed by atoms with Crippen LogP contribution in [0.4, 0.5) is 11.4 Å². The number of benzene rings is 2. The molecule has 0 unspecified atom stereocenters. The van der Waals surface area contributed by atoms with Crippen LogP contribution in [0.3, 0.4) is 0 Å². The first-order valence-electron chi connectivity index (χ1n) is 8.54. The van der Waals surface area contributed by atoms with E-state index in [9.17, 15) is 4.79 Å². The lowest BCUT2D eigenvalue weighted by Crippen LogP contribution is -2.19. The van der Waals surface area contributed by atoms with Crippen LogP contribution in [-0.4, -0.2) is 20.0 Å². The van der Waals surface area contributed by atoms with Gasteiger partial charge in [0.05, 0.1) is 5.92 Å². The first-order chi connectivity index (χ1) is 11.4. The molecule has 0 aliphatic heterocycles. The van der Waals surface area contributed by atoms with Crippen LogP contribution in [0.2, 0.25) is 0 Å². The van der Waals surface area contributed by atoms with Gasteiger partial charge in [-0.05, 0) is 54.7 Å². The molecule has 136 valence electrons. The van der Waals surface area contributed by atoms with Gasteiger partial charge in [0, 0.05) is 25.5 Å². The number of hydrogen-bond acceptors (Lipinski definition) is 2. The smallest absolute Gasteiger partial charge is 0.231 e. The molecule has 0 heterocycles. The number of anilines is 2. The summed E-state index contributed by atoms with van der Waals surface area (Å²) in [5.74, 6) is 0.484. The second-order valence-corrected chi connectivity index (χ2v) is 6.99. The number of carbonyl (C=O) groups excluding carboxylic acids is 1. The predicted octanol–water partition coefficient (Wildman–Crippen LogP) is 5.12. The molecule has 2 aromatic rings. The summed E-state index contributed by atoms with van der Waals surface area (Å²) in [5.41, 5.74) is 4.31. The molecule has 1 N–H and O–H groups in total. The molecule has 0 aliphatic rings. The molecular weight excluding hydrogens is 332 g/mol. The summed E-state index contributed by atoms with van der Waals surface area (Å²) in [6.45, 7) is 6.37. The molecule has 0 bridgehead atoms. The van der Waals surface area contributed by atoms with Crippen molar-refractivity contribution in [3.8, 4) is 0 Å². The zero-order valence-corrected chi connectivity index (χ0v) is 16.6. The largest absolute Gasteiger partial charge is 0.378 e. The topological polar surface area (TPSA) is 32.3 Å². The number of carbonyl (C=O) groups is 1. The molecule has 4 heteroatoms. The monoisotopic (exact) mass is 360 g/mol. The van der Waals surface area contributed by atoms with Crippen LogP contribution >= 0.6 is 12.4 Å². The highest BCUT2D eigenvalue weighted by Gasteiger charge is 2.15. The Hall–Kier alpha value is -2.00. The molecule has 25 heavy (non-hydrogen) atoms. The normalized spacial score (nSPS) is 11.6. The van der Waals surface area contributed by atoms with Gasteiger partial charge in [0.1, 0.15) is 0 Å². The molecule has 3 nitrogen and oxygen atoms in total. The molecule has 0 fully saturated rings. The molecule has 0 aliphatic carbocycles. The van der Waals surface area contributed by atoms with Crippen LogP contribution in [0, 0.1) is 5.92 Å². The molecule has 1 atom stereocenters. The first-order valence-corrected chi connectivity index (χ1v) is 8.54. The van der Waals surface area contributed by atoms with Crippen molar-refractivity contribution in [1.82, 2.24) is 0 Å². The standard InChI is InChI=1S/C21H28N2O.ClH/c1-15(2)14-17-6-8-18(9-7-17)16(3)21(24)22-19-10-12-20(13-11-19)23(4)5;/h6-13,15-16H,14H2,1-5H3,(H,22,24);1H/t16-;/m1./s1. The van der Waals surface area contributed by atoms with Crippen molar-refractivity contribution in [3.05, 3.63) is 59.7 Å². The molecule has 0 aromatic heterocycles. The lowest BCUT2D eigenvalue weighted by atomic mass is 9.96. The highest BCUT2D eigenvalue weighted by Crippen LogP contribution is 2.21. The van der Waals surface area contributed by atoms with E-state index < -0.39 is 0 Å². The van der Waals surface area contributed by atoms with Crippen LogP contribution in [0.15, 0.2) is 48.5 Å². The first kappa shape index (κ1) is 21.0. The van der Waals surface area contributed by atoms with E-state index in [1.165, 1.54) is 5.56 Å². The van der Waals surface area contributed by atoms with Crippen molar-refractivity contribution >= 4 is 29.7 Å². The predicted molar refractivity (Wildman–Crippen MR) is 110 cm³/mol. The Kier molecular flexibility index (Phi) is 7.98. The van der Waals surface area contributed by atoms with E-state index in [2.05, 4.69) is 43.4 Å². The van der Waals surface area contributed by atoms with Crippen molar-refractivity contribution in [2.75, 3.05) is 24.3 Å². The Labute approximate surface area is 157 Å². The summed E-state index contributed by atoms with van der Waals surface area (Å²) in [4.78, 5) is 14.5. The average Bonchev–Trinajstić information content (AvgIpc) is 2.54. The number of nitrogens with one attached hydrogen (secondary N) is 1. The lowest BCUT2D eigenvalue weighted by Gasteiger charge is -2.15. The maximum atomic E-state index is 12.5. The van der Waals surface area contributed by atoms with E-state index in [1.54, 1.807) is 0 Å². The molecule has 0 radical (unpaired) electrons. The second kappa shape index (κ2) is 9.47. The minimum absolute atomic E-state index is 0. The number of rotatable bonds is 6. The summed E-state index contributed by atoms with van der Waals surface area (Å²) in [5, 5.41) is 3.00. The van der Waals surface area contributed by atoms with Gasteiger partial charge >= 0.3 is 0 Å². The molecule has 2 aromatic carbocycles. The summed E-state index contributed by atoms with van der Waals surface area (Å²) >= 11 is 0. The van der Waals surface area contributed by atoms with Crippen molar-refractivity contribution in [2.24, 2.45) is 5.92 Å². The minimum Gasteiger partial charge on any atom is -0.378 e. The van der Waals surface area contributed by atoms with E-state index in [1.807, 2.05) is 50.2 Å². The lowest BCUT2D eigenvalue weighted by molar-refractivity contribution is -0.117. The highest BCUT2D eigenvalue weighted by molar-refractivity contribution is 5.95. The quantitative estimate of drug-likeness (QED) is 0.775. The zero-order valence-electron chi connectivity index (χ0n) is 15.7. The highest BCUT2D eigenvalue weighted by atomic mass is 35.5. The number of hydrogen-bond donors (Lipinski definition) is 1. The number of nitrogens with zero attached hydrogens (tertiary/aromatic N) is 1. The van der Waals surface area contributed by atoms with Crippen LogP contribution in [0.5, 0.6) is 0 Å². The maximum Gasteiger partial charge on any atom is 0.231 e. The van der Waals surface area contributed by atoms with Crippen molar-refractivity contribution < 1.29 is 4.79 Å². The zero-order chi connectivity index (χ0) is 17.7. The van der Waals surface area contributed by atoms with Gasteiger partial charge in [-0.3, -0.25) is 4.79 Å². The maximum absolute atomic E-state index is 12.5. The van der Waals surface area contributed by atoms with Crippen molar-refractivity contribution in [1.29, 1.82) is 0 Å². The van der Waals surface area contributed by atoms with Gasteiger partial charge in [-0.15, -0.1) is 12.4 Å². The third-order valence-electron chi connectivity index (χ3n) is 4.17. The van der Waals surface area contributed by atoms with Gasteiger partial charge in [0.2, 0.25) is 5.91 Å². The second-order valence-electron chi connectivity index (χ2n) is 6.99. The molecule has 1 amide bonds. The van der Waals surface area contributed by atoms with E-state index >= 15 is 0 Å². The summed E-state index contributed by atoms with van der Waals surface area (Å²) in [6.07, 6.45) is 1.07. The number of halogens is 1. The van der Waals surface area contributed by atoms with Crippen molar-refractivity contribution in [2.45, 2.75) is 33.1 Å². The molecule has 0 spiro atoms. The molecule has 0 saturated heterocycles. The molecular formula is C21H29ClN2O. The molecule has 2 rings (SSSR count). The van der Waals surface area contributed by atoms with Gasteiger partial charge in [-0.2, -0.15) is 0 Å². The van der Waals surface area contributed by atoms with E-state index in [-0.39, 0.29) is 24.2 Å².